The van der Waals surface area contributed by atoms with Gasteiger partial charge in [0.15, 0.2) is 11.7 Å². The third kappa shape index (κ3) is 2.33. The van der Waals surface area contributed by atoms with Crippen LogP contribution in [0.4, 0.5) is 11.4 Å². The Morgan fingerprint density at radius 3 is 3.05 bits per heavy atom. The normalized spacial score (nSPS) is 14.4. The molecule has 19 heavy (non-hydrogen) atoms. The van der Waals surface area contributed by atoms with Gasteiger partial charge in [-0.25, -0.2) is 9.98 Å². The van der Waals surface area contributed by atoms with Gasteiger partial charge in [-0.05, 0) is 12.1 Å². The van der Waals surface area contributed by atoms with Crippen molar-refractivity contribution in [2.75, 3.05) is 18.9 Å². The summed E-state index contributed by atoms with van der Waals surface area (Å²) in [6.07, 6.45) is 3.46. The first-order valence-corrected chi connectivity index (χ1v) is 6.01. The molecule has 0 aliphatic carbocycles. The zero-order chi connectivity index (χ0) is 13.1. The number of amidine groups is 2. The fourth-order valence-electron chi connectivity index (χ4n) is 1.91. The number of benzene rings is 1. The van der Waals surface area contributed by atoms with Gasteiger partial charge in [0.1, 0.15) is 5.84 Å². The molecule has 0 amide bonds. The Labute approximate surface area is 110 Å². The van der Waals surface area contributed by atoms with Crippen molar-refractivity contribution in [1.29, 1.82) is 0 Å². The number of aromatic nitrogens is 2. The average Bonchev–Trinajstić information content (AvgIpc) is 2.98. The van der Waals surface area contributed by atoms with E-state index in [1.54, 1.807) is 19.4 Å². The Balaban J connectivity index is 1.83. The molecule has 0 atom stereocenters. The lowest BCUT2D eigenvalue weighted by atomic mass is 10.2. The SMILES string of the molecule is CN=C(NC1=Nc2ccccc2NC1)c1ncc[nH]1. The van der Waals surface area contributed by atoms with Crippen LogP contribution in [0.25, 0.3) is 0 Å². The molecule has 0 bridgehead atoms. The van der Waals surface area contributed by atoms with E-state index in [0.717, 1.165) is 17.2 Å². The summed E-state index contributed by atoms with van der Waals surface area (Å²) in [5, 5.41) is 6.50. The lowest BCUT2D eigenvalue weighted by Crippen LogP contribution is -2.37. The van der Waals surface area contributed by atoms with Crippen LogP contribution < -0.4 is 10.6 Å². The molecule has 0 unspecified atom stereocenters. The van der Waals surface area contributed by atoms with Gasteiger partial charge in [0.2, 0.25) is 0 Å². The lowest BCUT2D eigenvalue weighted by Gasteiger charge is -2.18. The highest BCUT2D eigenvalue weighted by Gasteiger charge is 2.13. The largest absolute Gasteiger partial charge is 0.376 e. The first kappa shape index (κ1) is 11.5. The van der Waals surface area contributed by atoms with Crippen molar-refractivity contribution >= 4 is 23.0 Å². The van der Waals surface area contributed by atoms with E-state index in [1.165, 1.54) is 0 Å². The maximum atomic E-state index is 4.56. The number of hydrogen-bond donors (Lipinski definition) is 3. The highest BCUT2D eigenvalue weighted by atomic mass is 15.1. The number of aromatic amines is 1. The Morgan fingerprint density at radius 1 is 1.37 bits per heavy atom. The molecule has 0 saturated carbocycles. The van der Waals surface area contributed by atoms with Crippen molar-refractivity contribution in [1.82, 2.24) is 15.3 Å². The minimum atomic E-state index is 0.636. The number of para-hydroxylation sites is 2. The van der Waals surface area contributed by atoms with E-state index in [4.69, 9.17) is 0 Å². The molecule has 2 aromatic rings. The molecule has 0 radical (unpaired) electrons. The summed E-state index contributed by atoms with van der Waals surface area (Å²) < 4.78 is 0. The van der Waals surface area contributed by atoms with Crippen LogP contribution in [0.1, 0.15) is 5.82 Å². The molecule has 2 heterocycles. The van der Waals surface area contributed by atoms with Gasteiger partial charge in [-0.15, -0.1) is 0 Å². The minimum Gasteiger partial charge on any atom is -0.376 e. The number of fused-ring (bicyclic) bond motifs is 1. The van der Waals surface area contributed by atoms with Crippen molar-refractivity contribution in [2.45, 2.75) is 0 Å². The van der Waals surface area contributed by atoms with Gasteiger partial charge in [0.25, 0.3) is 0 Å². The van der Waals surface area contributed by atoms with Crippen LogP contribution in [-0.2, 0) is 0 Å². The van der Waals surface area contributed by atoms with E-state index >= 15 is 0 Å². The highest BCUT2D eigenvalue weighted by molar-refractivity contribution is 6.10. The van der Waals surface area contributed by atoms with Crippen molar-refractivity contribution in [3.05, 3.63) is 42.5 Å². The number of H-pyrrole nitrogens is 1. The Bertz CT molecular complexity index is 626. The average molecular weight is 254 g/mol. The summed E-state index contributed by atoms with van der Waals surface area (Å²) >= 11 is 0. The van der Waals surface area contributed by atoms with Crippen LogP contribution in [0, 0.1) is 0 Å². The standard InChI is InChI=1S/C13H14N6/c1-14-12(13-15-6-7-16-13)19-11-8-17-9-4-2-3-5-10(9)18-11/h2-7,17H,8H2,1H3,(H,15,16)(H,14,18,19). The molecule has 0 saturated heterocycles. The predicted octanol–water partition coefficient (Wildman–Crippen LogP) is 1.53. The summed E-state index contributed by atoms with van der Waals surface area (Å²) in [5.74, 6) is 2.18. The summed E-state index contributed by atoms with van der Waals surface area (Å²) in [5.41, 5.74) is 1.96. The Morgan fingerprint density at radius 2 is 2.26 bits per heavy atom. The van der Waals surface area contributed by atoms with Crippen LogP contribution in [0.3, 0.4) is 0 Å². The van der Waals surface area contributed by atoms with Crippen molar-refractivity contribution < 1.29 is 0 Å². The monoisotopic (exact) mass is 254 g/mol. The summed E-state index contributed by atoms with van der Waals surface area (Å²) in [4.78, 5) is 15.9. The zero-order valence-corrected chi connectivity index (χ0v) is 10.5. The molecule has 1 aromatic carbocycles. The smallest absolute Gasteiger partial charge is 0.173 e. The van der Waals surface area contributed by atoms with Gasteiger partial charge in [0.05, 0.1) is 17.9 Å². The summed E-state index contributed by atoms with van der Waals surface area (Å²) in [6, 6.07) is 7.94. The fraction of sp³-hybridized carbons (Fsp3) is 0.154. The predicted molar refractivity (Wildman–Crippen MR) is 76.2 cm³/mol. The topological polar surface area (TPSA) is 77.5 Å². The van der Waals surface area contributed by atoms with Crippen LogP contribution in [-0.4, -0.2) is 35.2 Å². The number of imidazole rings is 1. The van der Waals surface area contributed by atoms with Gasteiger partial charge >= 0.3 is 0 Å². The minimum absolute atomic E-state index is 0.636. The molecule has 1 aliphatic heterocycles. The van der Waals surface area contributed by atoms with Crippen molar-refractivity contribution in [3.8, 4) is 0 Å². The van der Waals surface area contributed by atoms with Gasteiger partial charge in [-0.3, -0.25) is 4.99 Å². The van der Waals surface area contributed by atoms with E-state index < -0.39 is 0 Å². The first-order chi connectivity index (χ1) is 9.36. The van der Waals surface area contributed by atoms with Gasteiger partial charge in [0, 0.05) is 19.4 Å². The Kier molecular flexibility index (Phi) is 2.97. The second-order valence-electron chi connectivity index (χ2n) is 4.06. The number of nitrogens with one attached hydrogen (secondary N) is 3. The second-order valence-corrected chi connectivity index (χ2v) is 4.06. The third-order valence-electron chi connectivity index (χ3n) is 2.81. The van der Waals surface area contributed by atoms with Gasteiger partial charge in [-0.1, -0.05) is 12.1 Å². The van der Waals surface area contributed by atoms with Crippen molar-refractivity contribution in [2.24, 2.45) is 9.98 Å². The first-order valence-electron chi connectivity index (χ1n) is 6.01. The summed E-state index contributed by atoms with van der Waals surface area (Å²) in [6.45, 7) is 0.636. The molecule has 3 N–H and O–H groups in total. The molecule has 1 aromatic heterocycles. The van der Waals surface area contributed by atoms with E-state index in [1.807, 2.05) is 24.3 Å². The van der Waals surface area contributed by atoms with E-state index in [2.05, 4.69) is 30.6 Å². The van der Waals surface area contributed by atoms with E-state index in [0.29, 0.717) is 18.2 Å². The molecule has 6 heteroatoms. The van der Waals surface area contributed by atoms with Gasteiger partial charge < -0.3 is 15.6 Å². The number of aliphatic imine (C=N–C) groups is 2. The van der Waals surface area contributed by atoms with Crippen LogP contribution in [0.5, 0.6) is 0 Å². The molecule has 0 spiro atoms. The van der Waals surface area contributed by atoms with Crippen LogP contribution in [0.2, 0.25) is 0 Å². The summed E-state index contributed by atoms with van der Waals surface area (Å²) in [7, 11) is 1.72. The molecule has 6 nitrogen and oxygen atoms in total. The van der Waals surface area contributed by atoms with Crippen LogP contribution in [0.15, 0.2) is 46.6 Å². The molecule has 1 aliphatic rings. The maximum absolute atomic E-state index is 4.56. The number of hydrogen-bond acceptors (Lipinski definition) is 4. The number of rotatable bonds is 1. The van der Waals surface area contributed by atoms with E-state index in [9.17, 15) is 0 Å². The molecule has 96 valence electrons. The number of anilines is 1. The molecular formula is C13H14N6. The second kappa shape index (κ2) is 4.93. The van der Waals surface area contributed by atoms with E-state index in [-0.39, 0.29) is 0 Å². The molecular weight excluding hydrogens is 240 g/mol. The number of nitrogens with zero attached hydrogens (tertiary/aromatic N) is 3. The quantitative estimate of drug-likeness (QED) is 0.533. The third-order valence-corrected chi connectivity index (χ3v) is 2.81. The zero-order valence-electron chi connectivity index (χ0n) is 10.5. The highest BCUT2D eigenvalue weighted by Crippen LogP contribution is 2.26. The van der Waals surface area contributed by atoms with Gasteiger partial charge in [-0.2, -0.15) is 0 Å². The van der Waals surface area contributed by atoms with Crippen molar-refractivity contribution in [3.63, 3.8) is 0 Å². The Hall–Kier alpha value is -2.63. The molecule has 3 rings (SSSR count). The van der Waals surface area contributed by atoms with Crippen LogP contribution >= 0.6 is 0 Å². The maximum Gasteiger partial charge on any atom is 0.173 e. The lowest BCUT2D eigenvalue weighted by molar-refractivity contribution is 1.14. The molecule has 0 fully saturated rings. The fourth-order valence-corrected chi connectivity index (χ4v) is 1.91.